The van der Waals surface area contributed by atoms with Gasteiger partial charge in [-0.05, 0) is 55.7 Å². The number of aliphatic hydroxyl groups excluding tert-OH is 1. The summed E-state index contributed by atoms with van der Waals surface area (Å²) in [5.41, 5.74) is 8.33. The molecule has 5 heteroatoms. The molecule has 5 N–H and O–H groups in total. The van der Waals surface area contributed by atoms with Crippen molar-refractivity contribution < 1.29 is 9.90 Å². The Labute approximate surface area is 151 Å². The first-order chi connectivity index (χ1) is 11.7. The molecule has 1 aliphatic carbocycles. The van der Waals surface area contributed by atoms with E-state index >= 15 is 0 Å². The van der Waals surface area contributed by atoms with E-state index in [4.69, 9.17) is 5.73 Å². The van der Waals surface area contributed by atoms with Gasteiger partial charge in [0.05, 0.1) is 6.10 Å². The maximum Gasteiger partial charge on any atom is 0.239 e. The number of benzene rings is 1. The Morgan fingerprint density at radius 2 is 1.64 bits per heavy atom. The summed E-state index contributed by atoms with van der Waals surface area (Å²) in [5.74, 6) is -0.260. The van der Waals surface area contributed by atoms with Crippen LogP contribution in [0.4, 0.5) is 5.69 Å². The van der Waals surface area contributed by atoms with E-state index in [1.807, 2.05) is 0 Å². The van der Waals surface area contributed by atoms with Gasteiger partial charge in [-0.2, -0.15) is 0 Å². The molecule has 1 aromatic carbocycles. The van der Waals surface area contributed by atoms with Crippen LogP contribution >= 0.6 is 0 Å². The summed E-state index contributed by atoms with van der Waals surface area (Å²) in [7, 11) is 0. The van der Waals surface area contributed by atoms with Crippen LogP contribution in [0.3, 0.4) is 0 Å². The van der Waals surface area contributed by atoms with Gasteiger partial charge >= 0.3 is 0 Å². The minimum atomic E-state index is -0.850. The Morgan fingerprint density at radius 1 is 1.12 bits per heavy atom. The van der Waals surface area contributed by atoms with Crippen molar-refractivity contribution in [1.29, 1.82) is 0 Å². The molecule has 0 spiro atoms. The summed E-state index contributed by atoms with van der Waals surface area (Å²) in [6.07, 6.45) is 3.05. The highest BCUT2D eigenvalue weighted by atomic mass is 16.3. The normalized spacial score (nSPS) is 23.6. The van der Waals surface area contributed by atoms with Crippen molar-refractivity contribution in [3.63, 3.8) is 0 Å². The molecule has 140 valence electrons. The lowest BCUT2D eigenvalue weighted by molar-refractivity contribution is -0.125. The monoisotopic (exact) mass is 347 g/mol. The van der Waals surface area contributed by atoms with E-state index in [9.17, 15) is 9.90 Å². The summed E-state index contributed by atoms with van der Waals surface area (Å²) in [6, 6.07) is 8.40. The highest BCUT2D eigenvalue weighted by Crippen LogP contribution is 2.26. The van der Waals surface area contributed by atoms with Crippen molar-refractivity contribution in [3.05, 3.63) is 29.8 Å². The van der Waals surface area contributed by atoms with Crippen LogP contribution in [-0.2, 0) is 10.2 Å². The molecule has 2 atom stereocenters. The van der Waals surface area contributed by atoms with E-state index in [2.05, 4.69) is 55.7 Å². The van der Waals surface area contributed by atoms with Crippen LogP contribution in [0.25, 0.3) is 0 Å². The third-order valence-corrected chi connectivity index (χ3v) is 5.02. The van der Waals surface area contributed by atoms with Crippen LogP contribution in [-0.4, -0.2) is 35.2 Å². The van der Waals surface area contributed by atoms with E-state index in [1.54, 1.807) is 0 Å². The Balaban J connectivity index is 1.80. The van der Waals surface area contributed by atoms with Crippen molar-refractivity contribution in [3.8, 4) is 0 Å². The number of hydrogen-bond acceptors (Lipinski definition) is 4. The summed E-state index contributed by atoms with van der Waals surface area (Å²) >= 11 is 0. The third-order valence-electron chi connectivity index (χ3n) is 5.02. The molecule has 0 aliphatic heterocycles. The zero-order valence-electron chi connectivity index (χ0n) is 15.9. The summed E-state index contributed by atoms with van der Waals surface area (Å²) in [6.45, 7) is 8.19. The van der Waals surface area contributed by atoms with Gasteiger partial charge in [0.15, 0.2) is 0 Å². The van der Waals surface area contributed by atoms with Gasteiger partial charge in [-0.25, -0.2) is 0 Å². The number of anilines is 1. The minimum absolute atomic E-state index is 0.151. The molecule has 1 amide bonds. The summed E-state index contributed by atoms with van der Waals surface area (Å²) < 4.78 is 0. The molecule has 0 saturated heterocycles. The van der Waals surface area contributed by atoms with Gasteiger partial charge in [-0.1, -0.05) is 32.9 Å². The molecule has 5 nitrogen and oxygen atoms in total. The van der Waals surface area contributed by atoms with Crippen LogP contribution < -0.4 is 16.4 Å². The maximum atomic E-state index is 11.9. The van der Waals surface area contributed by atoms with E-state index in [0.717, 1.165) is 31.4 Å². The smallest absolute Gasteiger partial charge is 0.239 e. The fourth-order valence-electron chi connectivity index (χ4n) is 3.20. The molecule has 2 rings (SSSR count). The van der Waals surface area contributed by atoms with E-state index in [-0.39, 0.29) is 17.4 Å². The Kier molecular flexibility index (Phi) is 6.47. The number of carbonyl (C=O) groups excluding carboxylic acids is 1. The van der Waals surface area contributed by atoms with E-state index < -0.39 is 12.1 Å². The fraction of sp³-hybridized carbons (Fsp3) is 0.650. The van der Waals surface area contributed by atoms with E-state index in [1.165, 1.54) is 12.5 Å². The molecule has 0 bridgehead atoms. The molecule has 1 saturated carbocycles. The van der Waals surface area contributed by atoms with Crippen molar-refractivity contribution >= 4 is 11.6 Å². The average molecular weight is 348 g/mol. The number of amides is 1. The highest BCUT2D eigenvalue weighted by molar-refractivity contribution is 5.82. The van der Waals surface area contributed by atoms with Crippen LogP contribution in [0.1, 0.15) is 58.9 Å². The maximum absolute atomic E-state index is 11.9. The predicted molar refractivity (Wildman–Crippen MR) is 103 cm³/mol. The van der Waals surface area contributed by atoms with Crippen molar-refractivity contribution in [2.24, 2.45) is 5.73 Å². The number of hydrogen-bond donors (Lipinski definition) is 4. The number of rotatable bonds is 5. The van der Waals surface area contributed by atoms with E-state index in [0.29, 0.717) is 6.04 Å². The quantitative estimate of drug-likeness (QED) is 0.659. The second-order valence-electron chi connectivity index (χ2n) is 8.30. The largest absolute Gasteiger partial charge is 0.391 e. The zero-order chi connectivity index (χ0) is 18.6. The molecular weight excluding hydrogens is 314 g/mol. The Hall–Kier alpha value is -1.59. The highest BCUT2D eigenvalue weighted by Gasteiger charge is 2.26. The lowest BCUT2D eigenvalue weighted by Crippen LogP contribution is -2.51. The van der Waals surface area contributed by atoms with Crippen LogP contribution in [0, 0.1) is 0 Å². The summed E-state index contributed by atoms with van der Waals surface area (Å²) in [4.78, 5) is 11.9. The fourth-order valence-corrected chi connectivity index (χ4v) is 3.20. The van der Waals surface area contributed by atoms with Crippen LogP contribution in [0.15, 0.2) is 24.3 Å². The predicted octanol–water partition coefficient (Wildman–Crippen LogP) is 2.53. The number of nitrogens with one attached hydrogen (secondary N) is 2. The Morgan fingerprint density at radius 3 is 2.12 bits per heavy atom. The lowest BCUT2D eigenvalue weighted by atomic mass is 9.87. The molecule has 0 radical (unpaired) electrons. The lowest BCUT2D eigenvalue weighted by Gasteiger charge is -2.31. The molecule has 0 aromatic heterocycles. The van der Waals surface area contributed by atoms with Crippen molar-refractivity contribution in [1.82, 2.24) is 5.32 Å². The van der Waals surface area contributed by atoms with Crippen molar-refractivity contribution in [2.75, 3.05) is 5.32 Å². The molecule has 0 unspecified atom stereocenters. The number of carbonyl (C=O) groups is 1. The average Bonchev–Trinajstić information content (AvgIpc) is 2.55. The molecule has 25 heavy (non-hydrogen) atoms. The molecule has 0 heterocycles. The van der Waals surface area contributed by atoms with Gasteiger partial charge in [0, 0.05) is 17.8 Å². The van der Waals surface area contributed by atoms with Gasteiger partial charge in [-0.3, -0.25) is 4.79 Å². The first-order valence-electron chi connectivity index (χ1n) is 9.28. The van der Waals surface area contributed by atoms with Gasteiger partial charge < -0.3 is 21.5 Å². The molecular formula is C20H33N3O2. The van der Waals surface area contributed by atoms with Crippen LogP contribution in [0.2, 0.25) is 0 Å². The second kappa shape index (κ2) is 8.19. The van der Waals surface area contributed by atoms with Gasteiger partial charge in [0.1, 0.15) is 6.04 Å². The topological polar surface area (TPSA) is 87.4 Å². The first-order valence-corrected chi connectivity index (χ1v) is 9.28. The second-order valence-corrected chi connectivity index (χ2v) is 8.30. The standard InChI is InChI=1S/C20H33N3O2/c1-13(24)18(21)19(25)23-17-11-9-16(10-12-17)22-15-7-5-14(6-8-15)20(2,3)4/h5-8,13,16-18,22,24H,9-12,21H2,1-4H3,(H,23,25)/t13-,16?,17?,18+/m1/s1. The Bertz CT molecular complexity index is 555. The van der Waals surface area contributed by atoms with Gasteiger partial charge in [0.25, 0.3) is 0 Å². The molecule has 1 fully saturated rings. The molecule has 1 aliphatic rings. The molecule has 1 aromatic rings. The number of aliphatic hydroxyl groups is 1. The third kappa shape index (κ3) is 5.72. The van der Waals surface area contributed by atoms with Crippen LogP contribution in [0.5, 0.6) is 0 Å². The minimum Gasteiger partial charge on any atom is -0.391 e. The SMILES string of the molecule is C[C@@H](O)[C@H](N)C(=O)NC1CCC(Nc2ccc(C(C)(C)C)cc2)CC1. The zero-order valence-corrected chi connectivity index (χ0v) is 15.9. The summed E-state index contributed by atoms with van der Waals surface area (Å²) in [5, 5.41) is 16.0. The van der Waals surface area contributed by atoms with Crippen molar-refractivity contribution in [2.45, 2.75) is 83.0 Å². The van der Waals surface area contributed by atoms with Gasteiger partial charge in [-0.15, -0.1) is 0 Å². The first kappa shape index (κ1) is 19.7. The van der Waals surface area contributed by atoms with Gasteiger partial charge in [0.2, 0.25) is 5.91 Å². The number of nitrogens with two attached hydrogens (primary N) is 1.